The summed E-state index contributed by atoms with van der Waals surface area (Å²) in [7, 11) is 0. The molecule has 0 aliphatic heterocycles. The number of benzene rings is 2. The third kappa shape index (κ3) is 4.05. The molecule has 0 aliphatic carbocycles. The van der Waals surface area contributed by atoms with Gasteiger partial charge in [-0.3, -0.25) is 14.9 Å². The van der Waals surface area contributed by atoms with Gasteiger partial charge in [0.25, 0.3) is 5.69 Å². The molecule has 0 bridgehead atoms. The van der Waals surface area contributed by atoms with Gasteiger partial charge in [-0.05, 0) is 17.7 Å². The molecule has 1 atom stereocenters. The van der Waals surface area contributed by atoms with E-state index in [1.54, 1.807) is 30.3 Å². The molecule has 1 unspecified atom stereocenters. The first kappa shape index (κ1) is 16.5. The van der Waals surface area contributed by atoms with Crippen molar-refractivity contribution in [2.24, 2.45) is 0 Å². The number of hydrogen-bond donors (Lipinski definition) is 0. The fourth-order valence-corrected chi connectivity index (χ4v) is 2.16. The lowest BCUT2D eigenvalue weighted by Crippen LogP contribution is -2.16. The summed E-state index contributed by atoms with van der Waals surface area (Å²) < 4.78 is 5.08. The molecule has 0 N–H and O–H groups in total. The molecule has 0 aliphatic rings. The molecule has 0 amide bonds. The Balaban J connectivity index is 2.23. The summed E-state index contributed by atoms with van der Waals surface area (Å²) in [4.78, 5) is 22.5. The zero-order valence-electron chi connectivity index (χ0n) is 11.8. The summed E-state index contributed by atoms with van der Waals surface area (Å²) in [5.74, 6) is -2.28. The summed E-state index contributed by atoms with van der Waals surface area (Å²) >= 11 is 5.82. The lowest BCUT2D eigenvalue weighted by Gasteiger charge is -2.10. The van der Waals surface area contributed by atoms with Crippen molar-refractivity contribution in [1.82, 2.24) is 0 Å². The zero-order chi connectivity index (χ0) is 16.8. The quantitative estimate of drug-likeness (QED) is 0.474. The molecule has 7 heteroatoms. The maximum atomic E-state index is 12.1. The maximum absolute atomic E-state index is 12.1. The number of hydrogen-bond acceptors (Lipinski definition) is 5. The van der Waals surface area contributed by atoms with E-state index >= 15 is 0 Å². The van der Waals surface area contributed by atoms with Crippen LogP contribution >= 0.6 is 11.6 Å². The number of ether oxygens (including phenoxy) is 1. The molecule has 0 radical (unpaired) electrons. The molecule has 0 aromatic heterocycles. The van der Waals surface area contributed by atoms with Crippen molar-refractivity contribution < 1.29 is 14.5 Å². The number of carbonyl (C=O) groups excluding carboxylic acids is 1. The summed E-state index contributed by atoms with van der Waals surface area (Å²) in [6, 6.07) is 14.4. The Morgan fingerprint density at radius 3 is 2.61 bits per heavy atom. The molecule has 0 heterocycles. The molecular weight excluding hydrogens is 320 g/mol. The third-order valence-corrected chi connectivity index (χ3v) is 3.32. The topological polar surface area (TPSA) is 93.2 Å². The smallest absolute Gasteiger partial charge is 0.328 e. The van der Waals surface area contributed by atoms with Gasteiger partial charge in [-0.1, -0.05) is 41.9 Å². The molecule has 6 nitrogen and oxygen atoms in total. The van der Waals surface area contributed by atoms with E-state index in [4.69, 9.17) is 16.3 Å². The van der Waals surface area contributed by atoms with Crippen molar-refractivity contribution in [3.63, 3.8) is 0 Å². The van der Waals surface area contributed by atoms with E-state index in [0.29, 0.717) is 0 Å². The molecule has 0 spiro atoms. The molecule has 0 saturated heterocycles. The molecule has 116 valence electrons. The van der Waals surface area contributed by atoms with Crippen LogP contribution in [0.4, 0.5) is 5.69 Å². The Morgan fingerprint density at radius 2 is 2.00 bits per heavy atom. The highest BCUT2D eigenvalue weighted by molar-refractivity contribution is 6.30. The van der Waals surface area contributed by atoms with Crippen molar-refractivity contribution >= 4 is 23.3 Å². The summed E-state index contributed by atoms with van der Waals surface area (Å²) in [6.07, 6.45) is 0. The van der Waals surface area contributed by atoms with E-state index in [0.717, 1.165) is 11.6 Å². The average molecular weight is 331 g/mol. The van der Waals surface area contributed by atoms with Gasteiger partial charge in [-0.2, -0.15) is 5.26 Å². The normalized spacial score (nSPS) is 11.3. The highest BCUT2D eigenvalue weighted by atomic mass is 35.5. The molecular formula is C16H11ClN2O4. The number of nitro groups is 1. The first-order valence-electron chi connectivity index (χ1n) is 6.57. The van der Waals surface area contributed by atoms with Crippen LogP contribution in [0.3, 0.4) is 0 Å². The largest absolute Gasteiger partial charge is 0.460 e. The number of esters is 1. The number of halogens is 1. The minimum Gasteiger partial charge on any atom is -0.460 e. The molecule has 2 rings (SSSR count). The van der Waals surface area contributed by atoms with Crippen LogP contribution < -0.4 is 0 Å². The van der Waals surface area contributed by atoms with E-state index in [1.165, 1.54) is 12.1 Å². The SMILES string of the molecule is N#CC(C(=O)OCc1ccccc1)c1cc(Cl)ccc1[N+](=O)[O-]. The van der Waals surface area contributed by atoms with Crippen LogP contribution in [-0.2, 0) is 16.1 Å². The van der Waals surface area contributed by atoms with E-state index in [9.17, 15) is 20.2 Å². The maximum Gasteiger partial charge on any atom is 0.328 e. The first-order valence-corrected chi connectivity index (χ1v) is 6.94. The zero-order valence-corrected chi connectivity index (χ0v) is 12.6. The molecule has 2 aromatic carbocycles. The lowest BCUT2D eigenvalue weighted by atomic mass is 9.99. The van der Waals surface area contributed by atoms with Gasteiger partial charge in [-0.25, -0.2) is 0 Å². The molecule has 0 saturated carbocycles. The van der Waals surface area contributed by atoms with E-state index < -0.39 is 16.8 Å². The number of nitrogens with zero attached hydrogens (tertiary/aromatic N) is 2. The third-order valence-electron chi connectivity index (χ3n) is 3.09. The van der Waals surface area contributed by atoms with E-state index in [2.05, 4.69) is 0 Å². The molecule has 0 fully saturated rings. The van der Waals surface area contributed by atoms with Gasteiger partial charge < -0.3 is 4.74 Å². The summed E-state index contributed by atoms with van der Waals surface area (Å²) in [5.41, 5.74) is 0.318. The van der Waals surface area contributed by atoms with Gasteiger partial charge in [-0.15, -0.1) is 0 Å². The number of nitriles is 1. The fraction of sp³-hybridized carbons (Fsp3) is 0.125. The van der Waals surface area contributed by atoms with Gasteiger partial charge in [0.15, 0.2) is 5.92 Å². The van der Waals surface area contributed by atoms with Gasteiger partial charge in [0.1, 0.15) is 6.61 Å². The van der Waals surface area contributed by atoms with Crippen LogP contribution in [0.15, 0.2) is 48.5 Å². The minimum atomic E-state index is -1.42. The highest BCUT2D eigenvalue weighted by Gasteiger charge is 2.29. The number of rotatable bonds is 5. The predicted octanol–water partition coefficient (Wildman–Crippen LogP) is 3.60. The first-order chi connectivity index (χ1) is 11.0. The van der Waals surface area contributed by atoms with E-state index in [1.807, 2.05) is 6.07 Å². The number of carbonyl (C=O) groups is 1. The monoisotopic (exact) mass is 330 g/mol. The second-order valence-electron chi connectivity index (χ2n) is 4.62. The van der Waals surface area contributed by atoms with E-state index in [-0.39, 0.29) is 22.9 Å². The van der Waals surface area contributed by atoms with Gasteiger partial charge in [0, 0.05) is 11.1 Å². The van der Waals surface area contributed by atoms with Crippen molar-refractivity contribution in [1.29, 1.82) is 5.26 Å². The highest BCUT2D eigenvalue weighted by Crippen LogP contribution is 2.30. The van der Waals surface area contributed by atoms with Crippen LogP contribution in [0.5, 0.6) is 0 Å². The Hall–Kier alpha value is -2.91. The Morgan fingerprint density at radius 1 is 1.30 bits per heavy atom. The van der Waals surface area contributed by atoms with Gasteiger partial charge in [0.2, 0.25) is 0 Å². The minimum absolute atomic E-state index is 0.0216. The van der Waals surface area contributed by atoms with Gasteiger partial charge >= 0.3 is 5.97 Å². The molecule has 23 heavy (non-hydrogen) atoms. The summed E-state index contributed by atoms with van der Waals surface area (Å²) in [5, 5.41) is 20.5. The van der Waals surface area contributed by atoms with Crippen LogP contribution in [0, 0.1) is 21.4 Å². The Labute approximate surface area is 137 Å². The standard InChI is InChI=1S/C16H11ClN2O4/c17-12-6-7-15(19(21)22)13(8-12)14(9-18)16(20)23-10-11-4-2-1-3-5-11/h1-8,14H,10H2. The van der Waals surface area contributed by atoms with Crippen LogP contribution in [0.2, 0.25) is 5.02 Å². The van der Waals surface area contributed by atoms with Crippen LogP contribution in [-0.4, -0.2) is 10.9 Å². The number of nitro benzene ring substituents is 1. The van der Waals surface area contributed by atoms with Crippen molar-refractivity contribution in [3.05, 3.63) is 74.8 Å². The summed E-state index contributed by atoms with van der Waals surface area (Å²) in [6.45, 7) is -0.0216. The second-order valence-corrected chi connectivity index (χ2v) is 5.05. The predicted molar refractivity (Wildman–Crippen MR) is 82.7 cm³/mol. The second kappa shape index (κ2) is 7.38. The van der Waals surface area contributed by atoms with Crippen molar-refractivity contribution in [2.45, 2.75) is 12.5 Å². The van der Waals surface area contributed by atoms with Gasteiger partial charge in [0.05, 0.1) is 16.6 Å². The Kier molecular flexibility index (Phi) is 5.28. The Bertz CT molecular complexity index is 771. The molecule has 2 aromatic rings. The van der Waals surface area contributed by atoms with Crippen molar-refractivity contribution in [3.8, 4) is 6.07 Å². The average Bonchev–Trinajstić information content (AvgIpc) is 2.54. The van der Waals surface area contributed by atoms with Crippen LogP contribution in [0.1, 0.15) is 17.0 Å². The van der Waals surface area contributed by atoms with Crippen molar-refractivity contribution in [2.75, 3.05) is 0 Å². The fourth-order valence-electron chi connectivity index (χ4n) is 1.98. The lowest BCUT2D eigenvalue weighted by molar-refractivity contribution is -0.385. The van der Waals surface area contributed by atoms with Crippen LogP contribution in [0.25, 0.3) is 0 Å².